The van der Waals surface area contributed by atoms with E-state index >= 15 is 0 Å². The minimum absolute atomic E-state index is 0.160. The molecule has 2 aromatic rings. The molecule has 2 rings (SSSR count). The minimum Gasteiger partial charge on any atom is -0.395 e. The van der Waals surface area contributed by atoms with Gasteiger partial charge in [-0.3, -0.25) is 0 Å². The maximum absolute atomic E-state index is 8.87. The van der Waals surface area contributed by atoms with E-state index in [9.17, 15) is 0 Å². The van der Waals surface area contributed by atoms with Gasteiger partial charge < -0.3 is 10.4 Å². The molecule has 1 aromatic heterocycles. The zero-order chi connectivity index (χ0) is 13.8. The summed E-state index contributed by atoms with van der Waals surface area (Å²) in [4.78, 5) is 5.90. The highest BCUT2D eigenvalue weighted by Crippen LogP contribution is 2.31. The maximum Gasteiger partial charge on any atom is 0.123 e. The Morgan fingerprint density at radius 1 is 1.26 bits per heavy atom. The topological polar surface area (TPSA) is 45.2 Å². The Bertz CT molecular complexity index is 534. The third-order valence-corrected chi connectivity index (χ3v) is 4.48. The van der Waals surface area contributed by atoms with Gasteiger partial charge in [-0.25, -0.2) is 4.98 Å². The molecule has 0 amide bonds. The Hall–Kier alpha value is -1.23. The first-order valence-electron chi connectivity index (χ1n) is 6.50. The summed E-state index contributed by atoms with van der Waals surface area (Å²) in [7, 11) is 0. The lowest BCUT2D eigenvalue weighted by atomic mass is 10.2. The number of aliphatic hydroxyl groups excluding tert-OH is 1. The normalized spacial score (nSPS) is 12.6. The Morgan fingerprint density at radius 3 is 2.58 bits per heavy atom. The molecule has 2 N–H and O–H groups in total. The third-order valence-electron chi connectivity index (χ3n) is 3.09. The zero-order valence-corrected chi connectivity index (χ0v) is 12.4. The molecule has 0 spiro atoms. The number of thiazole rings is 1. The highest BCUT2D eigenvalue weighted by molar-refractivity contribution is 7.15. The first kappa shape index (κ1) is 14.2. The molecule has 0 aliphatic rings. The maximum atomic E-state index is 8.87. The number of hydrogen-bond acceptors (Lipinski definition) is 4. The second-order valence-corrected chi connectivity index (χ2v) is 5.76. The zero-order valence-electron chi connectivity index (χ0n) is 11.6. The van der Waals surface area contributed by atoms with Crippen LogP contribution in [0.1, 0.15) is 29.1 Å². The van der Waals surface area contributed by atoms with Crippen LogP contribution in [0.15, 0.2) is 24.3 Å². The molecule has 0 fully saturated rings. The van der Waals surface area contributed by atoms with Gasteiger partial charge in [0.05, 0.1) is 12.3 Å². The van der Waals surface area contributed by atoms with Crippen molar-refractivity contribution in [3.8, 4) is 10.6 Å². The summed E-state index contributed by atoms with van der Waals surface area (Å²) >= 11 is 1.72. The molecule has 1 aromatic carbocycles. The first-order valence-corrected chi connectivity index (χ1v) is 7.32. The van der Waals surface area contributed by atoms with Crippen molar-refractivity contribution in [3.63, 3.8) is 0 Å². The lowest BCUT2D eigenvalue weighted by Crippen LogP contribution is -2.21. The predicted molar refractivity (Wildman–Crippen MR) is 80.5 cm³/mol. The summed E-state index contributed by atoms with van der Waals surface area (Å²) in [5, 5.41) is 13.2. The average Bonchev–Trinajstić information content (AvgIpc) is 2.79. The molecule has 1 heterocycles. The van der Waals surface area contributed by atoms with Crippen LogP contribution in [-0.4, -0.2) is 23.2 Å². The summed E-state index contributed by atoms with van der Waals surface area (Å²) in [5.41, 5.74) is 3.49. The van der Waals surface area contributed by atoms with E-state index in [1.54, 1.807) is 11.3 Å². The van der Waals surface area contributed by atoms with Gasteiger partial charge >= 0.3 is 0 Å². The number of benzene rings is 1. The van der Waals surface area contributed by atoms with E-state index in [0.29, 0.717) is 6.54 Å². The fourth-order valence-electron chi connectivity index (χ4n) is 2.00. The van der Waals surface area contributed by atoms with Crippen LogP contribution in [0.4, 0.5) is 0 Å². The van der Waals surface area contributed by atoms with Crippen LogP contribution in [-0.2, 0) is 0 Å². The quantitative estimate of drug-likeness (QED) is 0.882. The number of aryl methyl sites for hydroxylation is 2. The molecule has 0 radical (unpaired) electrons. The minimum atomic E-state index is 0.160. The van der Waals surface area contributed by atoms with Gasteiger partial charge in [0.1, 0.15) is 5.01 Å². The molecule has 0 aliphatic heterocycles. The highest BCUT2D eigenvalue weighted by atomic mass is 32.1. The highest BCUT2D eigenvalue weighted by Gasteiger charge is 2.14. The van der Waals surface area contributed by atoms with Crippen molar-refractivity contribution in [2.24, 2.45) is 0 Å². The van der Waals surface area contributed by atoms with Crippen LogP contribution in [0, 0.1) is 13.8 Å². The molecule has 0 bridgehead atoms. The van der Waals surface area contributed by atoms with Gasteiger partial charge in [0, 0.05) is 23.0 Å². The van der Waals surface area contributed by atoms with Crippen molar-refractivity contribution in [3.05, 3.63) is 40.4 Å². The molecule has 4 heteroatoms. The van der Waals surface area contributed by atoms with E-state index in [2.05, 4.69) is 48.4 Å². The van der Waals surface area contributed by atoms with Crippen LogP contribution < -0.4 is 5.32 Å². The van der Waals surface area contributed by atoms with E-state index < -0.39 is 0 Å². The molecule has 19 heavy (non-hydrogen) atoms. The summed E-state index contributed by atoms with van der Waals surface area (Å²) in [6.45, 7) is 7.00. The van der Waals surface area contributed by atoms with Crippen molar-refractivity contribution in [1.82, 2.24) is 10.3 Å². The molecule has 3 nitrogen and oxygen atoms in total. The van der Waals surface area contributed by atoms with Gasteiger partial charge in [0.25, 0.3) is 0 Å². The van der Waals surface area contributed by atoms with Gasteiger partial charge in [-0.2, -0.15) is 0 Å². The SMILES string of the molecule is Cc1ccc(-c2nc(C)c(C(C)NCCO)s2)cc1. The van der Waals surface area contributed by atoms with Crippen molar-refractivity contribution in [2.75, 3.05) is 13.2 Å². The fraction of sp³-hybridized carbons (Fsp3) is 0.400. The van der Waals surface area contributed by atoms with E-state index in [1.165, 1.54) is 16.0 Å². The van der Waals surface area contributed by atoms with Crippen LogP contribution >= 0.6 is 11.3 Å². The summed E-state index contributed by atoms with van der Waals surface area (Å²) in [5.74, 6) is 0. The Kier molecular flexibility index (Phi) is 4.69. The van der Waals surface area contributed by atoms with Crippen LogP contribution in [0.2, 0.25) is 0 Å². The number of hydrogen-bond donors (Lipinski definition) is 2. The molecule has 0 aliphatic carbocycles. The van der Waals surface area contributed by atoms with E-state index in [1.807, 2.05) is 6.92 Å². The molecule has 0 saturated heterocycles. The molecule has 0 saturated carbocycles. The molecule has 102 valence electrons. The Morgan fingerprint density at radius 2 is 1.95 bits per heavy atom. The smallest absolute Gasteiger partial charge is 0.123 e. The second kappa shape index (κ2) is 6.28. The van der Waals surface area contributed by atoms with Crippen LogP contribution in [0.3, 0.4) is 0 Å². The molecule has 1 atom stereocenters. The lowest BCUT2D eigenvalue weighted by Gasteiger charge is -2.10. The number of nitrogens with one attached hydrogen (secondary N) is 1. The monoisotopic (exact) mass is 276 g/mol. The lowest BCUT2D eigenvalue weighted by molar-refractivity contribution is 0.286. The van der Waals surface area contributed by atoms with E-state index in [4.69, 9.17) is 5.11 Å². The number of nitrogens with zero attached hydrogens (tertiary/aromatic N) is 1. The first-order chi connectivity index (χ1) is 9.11. The Balaban J connectivity index is 2.23. The largest absolute Gasteiger partial charge is 0.395 e. The summed E-state index contributed by atoms with van der Waals surface area (Å²) in [6.07, 6.45) is 0. The number of rotatable bonds is 5. The van der Waals surface area contributed by atoms with E-state index in [0.717, 1.165) is 10.7 Å². The van der Waals surface area contributed by atoms with Crippen molar-refractivity contribution in [1.29, 1.82) is 0 Å². The number of aromatic nitrogens is 1. The van der Waals surface area contributed by atoms with Gasteiger partial charge in [-0.1, -0.05) is 29.8 Å². The van der Waals surface area contributed by atoms with Gasteiger partial charge in [-0.05, 0) is 20.8 Å². The van der Waals surface area contributed by atoms with Crippen LogP contribution in [0.5, 0.6) is 0 Å². The Labute approximate surface area is 118 Å². The number of aliphatic hydroxyl groups is 1. The molecular formula is C15H20N2OS. The predicted octanol–water partition coefficient (Wildman–Crippen LogP) is 3.07. The van der Waals surface area contributed by atoms with Crippen molar-refractivity contribution >= 4 is 11.3 Å². The fourth-order valence-corrected chi connectivity index (χ4v) is 3.10. The van der Waals surface area contributed by atoms with Gasteiger partial charge in [0.15, 0.2) is 0 Å². The summed E-state index contributed by atoms with van der Waals surface area (Å²) < 4.78 is 0. The standard InChI is InChI=1S/C15H20N2OS/c1-10-4-6-13(7-5-10)15-17-12(3)14(19-15)11(2)16-8-9-18/h4-7,11,16,18H,8-9H2,1-3H3. The summed E-state index contributed by atoms with van der Waals surface area (Å²) in [6, 6.07) is 8.67. The van der Waals surface area contributed by atoms with Gasteiger partial charge in [0.2, 0.25) is 0 Å². The molecule has 1 unspecified atom stereocenters. The van der Waals surface area contributed by atoms with E-state index in [-0.39, 0.29) is 12.6 Å². The molecular weight excluding hydrogens is 256 g/mol. The van der Waals surface area contributed by atoms with Crippen molar-refractivity contribution in [2.45, 2.75) is 26.8 Å². The van der Waals surface area contributed by atoms with Gasteiger partial charge in [-0.15, -0.1) is 11.3 Å². The average molecular weight is 276 g/mol. The van der Waals surface area contributed by atoms with Crippen LogP contribution in [0.25, 0.3) is 10.6 Å². The third kappa shape index (κ3) is 3.41. The second-order valence-electron chi connectivity index (χ2n) is 4.73. The van der Waals surface area contributed by atoms with Crippen molar-refractivity contribution < 1.29 is 5.11 Å².